The molecule has 0 aliphatic heterocycles. The summed E-state index contributed by atoms with van der Waals surface area (Å²) in [6.45, 7) is 0.541. The van der Waals surface area contributed by atoms with Crippen molar-refractivity contribution in [3.05, 3.63) is 11.2 Å². The number of carbonyl (C=O) groups is 1. The zero-order chi connectivity index (χ0) is 12.8. The van der Waals surface area contributed by atoms with Gasteiger partial charge in [0.2, 0.25) is 11.9 Å². The summed E-state index contributed by atoms with van der Waals surface area (Å²) in [5.41, 5.74) is 0. The highest BCUT2D eigenvalue weighted by Gasteiger charge is 2.10. The largest absolute Gasteiger partial charge is 0.359 e. The monoisotopic (exact) mass is 257 g/mol. The third kappa shape index (κ3) is 3.74. The van der Waals surface area contributed by atoms with Crippen molar-refractivity contribution in [1.82, 2.24) is 15.3 Å². The summed E-state index contributed by atoms with van der Waals surface area (Å²) >= 11 is 6.00. The number of hydrogen-bond donors (Lipinski definition) is 2. The van der Waals surface area contributed by atoms with E-state index in [0.29, 0.717) is 29.8 Å². The first-order chi connectivity index (χ1) is 8.08. The standard InChI is InChI=1S/C10H16ClN5O/c1-12-8(17)4-5-16(3)9-7(11)6-14-10(13-2)15-9/h6H,4-5H2,1-3H3,(H,12,17)(H,13,14,15). The summed E-state index contributed by atoms with van der Waals surface area (Å²) in [7, 11) is 5.17. The van der Waals surface area contributed by atoms with Crippen LogP contribution in [0.1, 0.15) is 6.42 Å². The molecule has 0 atom stereocenters. The van der Waals surface area contributed by atoms with Crippen molar-refractivity contribution in [3.63, 3.8) is 0 Å². The predicted octanol–water partition coefficient (Wildman–Crippen LogP) is 0.744. The average Bonchev–Trinajstić information content (AvgIpc) is 2.36. The van der Waals surface area contributed by atoms with Gasteiger partial charge in [-0.3, -0.25) is 4.79 Å². The van der Waals surface area contributed by atoms with Gasteiger partial charge in [0.05, 0.1) is 6.20 Å². The normalized spacial score (nSPS) is 9.88. The predicted molar refractivity (Wildman–Crippen MR) is 68.5 cm³/mol. The molecule has 6 nitrogen and oxygen atoms in total. The molecule has 17 heavy (non-hydrogen) atoms. The minimum atomic E-state index is -0.0177. The molecule has 1 heterocycles. The van der Waals surface area contributed by atoms with Crippen molar-refractivity contribution in [2.75, 3.05) is 37.9 Å². The van der Waals surface area contributed by atoms with E-state index in [1.807, 2.05) is 11.9 Å². The van der Waals surface area contributed by atoms with E-state index in [9.17, 15) is 4.79 Å². The molecule has 0 unspecified atom stereocenters. The Labute approximate surface area is 105 Å². The quantitative estimate of drug-likeness (QED) is 0.814. The number of nitrogens with zero attached hydrogens (tertiary/aromatic N) is 3. The maximum Gasteiger partial charge on any atom is 0.224 e. The zero-order valence-electron chi connectivity index (χ0n) is 10.1. The molecule has 1 aromatic rings. The summed E-state index contributed by atoms with van der Waals surface area (Å²) in [6, 6.07) is 0. The van der Waals surface area contributed by atoms with E-state index < -0.39 is 0 Å². The molecular formula is C10H16ClN5O. The number of hydrogen-bond acceptors (Lipinski definition) is 5. The number of aromatic nitrogens is 2. The highest BCUT2D eigenvalue weighted by atomic mass is 35.5. The molecule has 0 fully saturated rings. The molecule has 7 heteroatoms. The molecule has 94 valence electrons. The number of halogens is 1. The molecular weight excluding hydrogens is 242 g/mol. The molecule has 0 aliphatic carbocycles. The fourth-order valence-electron chi connectivity index (χ4n) is 1.25. The molecule has 1 aromatic heterocycles. The Morgan fingerprint density at radius 1 is 1.53 bits per heavy atom. The average molecular weight is 258 g/mol. The van der Waals surface area contributed by atoms with Gasteiger partial charge in [0, 0.05) is 34.1 Å². The lowest BCUT2D eigenvalue weighted by atomic mass is 10.3. The Morgan fingerprint density at radius 2 is 2.24 bits per heavy atom. The molecule has 0 bridgehead atoms. The van der Waals surface area contributed by atoms with Gasteiger partial charge >= 0.3 is 0 Å². The summed E-state index contributed by atoms with van der Waals surface area (Å²) < 4.78 is 0. The van der Waals surface area contributed by atoms with Gasteiger partial charge in [-0.2, -0.15) is 4.98 Å². The van der Waals surface area contributed by atoms with Crippen LogP contribution in [0.4, 0.5) is 11.8 Å². The minimum Gasteiger partial charge on any atom is -0.359 e. The number of anilines is 2. The molecule has 0 saturated heterocycles. The molecule has 1 amide bonds. The van der Waals surface area contributed by atoms with Gasteiger partial charge in [-0.1, -0.05) is 11.6 Å². The van der Waals surface area contributed by atoms with Crippen LogP contribution in [-0.2, 0) is 4.79 Å². The van der Waals surface area contributed by atoms with Crippen LogP contribution < -0.4 is 15.5 Å². The van der Waals surface area contributed by atoms with E-state index in [1.165, 1.54) is 6.20 Å². The van der Waals surface area contributed by atoms with Crippen molar-refractivity contribution in [1.29, 1.82) is 0 Å². The van der Waals surface area contributed by atoms with Crippen LogP contribution in [0.5, 0.6) is 0 Å². The highest BCUT2D eigenvalue weighted by molar-refractivity contribution is 6.32. The second-order valence-electron chi connectivity index (χ2n) is 3.46. The fourth-order valence-corrected chi connectivity index (χ4v) is 1.48. The topological polar surface area (TPSA) is 70.2 Å². The summed E-state index contributed by atoms with van der Waals surface area (Å²) in [5, 5.41) is 5.87. The third-order valence-electron chi connectivity index (χ3n) is 2.26. The van der Waals surface area contributed by atoms with Crippen LogP contribution in [0.3, 0.4) is 0 Å². The Hall–Kier alpha value is -1.56. The lowest BCUT2D eigenvalue weighted by Crippen LogP contribution is -2.27. The van der Waals surface area contributed by atoms with Gasteiger partial charge < -0.3 is 15.5 Å². The maximum atomic E-state index is 11.1. The van der Waals surface area contributed by atoms with Crippen LogP contribution in [0.25, 0.3) is 0 Å². The van der Waals surface area contributed by atoms with E-state index in [1.54, 1.807) is 14.1 Å². The Balaban J connectivity index is 2.73. The molecule has 0 radical (unpaired) electrons. The first kappa shape index (κ1) is 13.5. The highest BCUT2D eigenvalue weighted by Crippen LogP contribution is 2.22. The molecule has 2 N–H and O–H groups in total. The molecule has 1 rings (SSSR count). The summed E-state index contributed by atoms with van der Waals surface area (Å²) in [6.07, 6.45) is 1.92. The van der Waals surface area contributed by atoms with Crippen LogP contribution >= 0.6 is 11.6 Å². The number of nitrogens with one attached hydrogen (secondary N) is 2. The number of rotatable bonds is 5. The van der Waals surface area contributed by atoms with E-state index in [0.717, 1.165) is 0 Å². The van der Waals surface area contributed by atoms with Crippen molar-refractivity contribution in [2.24, 2.45) is 0 Å². The first-order valence-electron chi connectivity index (χ1n) is 5.20. The van der Waals surface area contributed by atoms with Crippen molar-refractivity contribution in [2.45, 2.75) is 6.42 Å². The van der Waals surface area contributed by atoms with E-state index in [-0.39, 0.29) is 5.91 Å². The Kier molecular flexibility index (Phi) is 4.96. The van der Waals surface area contributed by atoms with Crippen LogP contribution in [0, 0.1) is 0 Å². The lowest BCUT2D eigenvalue weighted by molar-refractivity contribution is -0.120. The Bertz CT molecular complexity index is 398. The smallest absolute Gasteiger partial charge is 0.224 e. The molecule has 0 saturated carbocycles. The van der Waals surface area contributed by atoms with Gasteiger partial charge in [0.25, 0.3) is 0 Å². The molecule has 0 spiro atoms. The first-order valence-corrected chi connectivity index (χ1v) is 5.58. The molecule has 0 aliphatic rings. The second kappa shape index (κ2) is 6.24. The number of carbonyl (C=O) groups excluding carboxylic acids is 1. The zero-order valence-corrected chi connectivity index (χ0v) is 10.9. The van der Waals surface area contributed by atoms with Gasteiger partial charge in [0.15, 0.2) is 5.82 Å². The Morgan fingerprint density at radius 3 is 2.82 bits per heavy atom. The van der Waals surface area contributed by atoms with Gasteiger partial charge in [0.1, 0.15) is 5.02 Å². The van der Waals surface area contributed by atoms with E-state index in [4.69, 9.17) is 11.6 Å². The number of amides is 1. The van der Waals surface area contributed by atoms with Crippen LogP contribution in [-0.4, -0.2) is 43.6 Å². The van der Waals surface area contributed by atoms with E-state index in [2.05, 4.69) is 20.6 Å². The minimum absolute atomic E-state index is 0.0177. The van der Waals surface area contributed by atoms with Crippen molar-refractivity contribution < 1.29 is 4.79 Å². The maximum absolute atomic E-state index is 11.1. The molecule has 0 aromatic carbocycles. The van der Waals surface area contributed by atoms with Crippen molar-refractivity contribution >= 4 is 29.3 Å². The second-order valence-corrected chi connectivity index (χ2v) is 3.87. The summed E-state index contributed by atoms with van der Waals surface area (Å²) in [4.78, 5) is 21.2. The van der Waals surface area contributed by atoms with Gasteiger partial charge in [-0.05, 0) is 0 Å². The lowest BCUT2D eigenvalue weighted by Gasteiger charge is -2.19. The van der Waals surface area contributed by atoms with Gasteiger partial charge in [-0.25, -0.2) is 4.98 Å². The summed E-state index contributed by atoms with van der Waals surface area (Å²) in [5.74, 6) is 1.09. The third-order valence-corrected chi connectivity index (χ3v) is 2.53. The van der Waals surface area contributed by atoms with Crippen LogP contribution in [0.2, 0.25) is 5.02 Å². The SMILES string of the molecule is CNC(=O)CCN(C)c1nc(NC)ncc1Cl. The van der Waals surface area contributed by atoms with Gasteiger partial charge in [-0.15, -0.1) is 0 Å². The van der Waals surface area contributed by atoms with Crippen molar-refractivity contribution in [3.8, 4) is 0 Å². The fraction of sp³-hybridized carbons (Fsp3) is 0.500. The van der Waals surface area contributed by atoms with Crippen LogP contribution in [0.15, 0.2) is 6.20 Å². The van der Waals surface area contributed by atoms with E-state index >= 15 is 0 Å².